The molecular formula is C18H27N5O2. The quantitative estimate of drug-likeness (QED) is 0.866. The smallest absolute Gasteiger partial charge is 0.319 e. The number of nitrogens with zero attached hydrogens (tertiary/aromatic N) is 4. The molecule has 136 valence electrons. The van der Waals surface area contributed by atoms with Crippen LogP contribution in [0.3, 0.4) is 0 Å². The molecule has 2 aromatic rings. The van der Waals surface area contributed by atoms with Crippen LogP contribution in [0.1, 0.15) is 37.1 Å². The first-order chi connectivity index (χ1) is 12.0. The van der Waals surface area contributed by atoms with Crippen LogP contribution in [0.5, 0.6) is 0 Å². The Morgan fingerprint density at radius 1 is 1.20 bits per heavy atom. The molecule has 2 heterocycles. The molecule has 1 fully saturated rings. The van der Waals surface area contributed by atoms with E-state index in [0.29, 0.717) is 18.5 Å². The predicted octanol–water partition coefficient (Wildman–Crippen LogP) is 0.709. The Kier molecular flexibility index (Phi) is 5.22. The molecule has 1 saturated carbocycles. The van der Waals surface area contributed by atoms with Crippen LogP contribution in [0.2, 0.25) is 0 Å². The van der Waals surface area contributed by atoms with Gasteiger partial charge in [-0.3, -0.25) is 9.36 Å². The van der Waals surface area contributed by atoms with Crippen molar-refractivity contribution < 1.29 is 0 Å². The topological polar surface area (TPSA) is 73.8 Å². The number of nitrogens with one attached hydrogen (secondary N) is 1. The maximum Gasteiger partial charge on any atom is 0.345 e. The number of aromatic nitrogens is 4. The van der Waals surface area contributed by atoms with Crippen molar-refractivity contribution in [3.8, 4) is 0 Å². The van der Waals surface area contributed by atoms with Crippen LogP contribution < -0.4 is 16.6 Å². The maximum atomic E-state index is 11.9. The molecule has 0 amide bonds. The van der Waals surface area contributed by atoms with E-state index in [1.165, 1.54) is 17.5 Å². The first kappa shape index (κ1) is 17.7. The second-order valence-corrected chi connectivity index (χ2v) is 7.10. The van der Waals surface area contributed by atoms with Crippen LogP contribution >= 0.6 is 0 Å². The Labute approximate surface area is 147 Å². The average molecular weight is 345 g/mol. The molecule has 25 heavy (non-hydrogen) atoms. The molecule has 0 unspecified atom stereocenters. The first-order valence-electron chi connectivity index (χ1n) is 8.93. The lowest BCUT2D eigenvalue weighted by molar-refractivity contribution is 0.254. The van der Waals surface area contributed by atoms with E-state index >= 15 is 0 Å². The lowest BCUT2D eigenvalue weighted by atomic mass is 9.82. The largest absolute Gasteiger partial charge is 0.345 e. The standard InChI is InChI=1S/C18H27N5O2/c1-21-9-8-13(10-17(21)24)12-19-15-7-5-4-6-14(15)11-16-20-23(3)18(25)22(16)2/h8-10,14-15,19H,4-7,11-12H2,1-3H3/t14-,15-/m0/s1. The first-order valence-corrected chi connectivity index (χ1v) is 8.93. The van der Waals surface area contributed by atoms with Gasteiger partial charge in [0.05, 0.1) is 0 Å². The highest BCUT2D eigenvalue weighted by atomic mass is 16.2. The van der Waals surface area contributed by atoms with Crippen molar-refractivity contribution in [3.63, 3.8) is 0 Å². The van der Waals surface area contributed by atoms with Crippen molar-refractivity contribution in [1.82, 2.24) is 24.2 Å². The van der Waals surface area contributed by atoms with Gasteiger partial charge in [-0.2, -0.15) is 5.10 Å². The summed E-state index contributed by atoms with van der Waals surface area (Å²) >= 11 is 0. The molecular weight excluding hydrogens is 318 g/mol. The summed E-state index contributed by atoms with van der Waals surface area (Å²) in [5.41, 5.74) is 0.955. The fourth-order valence-corrected chi connectivity index (χ4v) is 3.69. The van der Waals surface area contributed by atoms with Crippen LogP contribution in [0.4, 0.5) is 0 Å². The molecule has 1 aliphatic rings. The van der Waals surface area contributed by atoms with Crippen LogP contribution in [0.25, 0.3) is 0 Å². The summed E-state index contributed by atoms with van der Waals surface area (Å²) in [6, 6.07) is 4.05. The summed E-state index contributed by atoms with van der Waals surface area (Å²) in [5, 5.41) is 8.00. The summed E-state index contributed by atoms with van der Waals surface area (Å²) < 4.78 is 4.63. The van der Waals surface area contributed by atoms with Crippen LogP contribution in [-0.2, 0) is 34.1 Å². The van der Waals surface area contributed by atoms with E-state index in [4.69, 9.17) is 0 Å². The summed E-state index contributed by atoms with van der Waals surface area (Å²) in [5.74, 6) is 1.31. The lowest BCUT2D eigenvalue weighted by Crippen LogP contribution is -2.39. The summed E-state index contributed by atoms with van der Waals surface area (Å²) in [6.45, 7) is 0.693. The third-order valence-corrected chi connectivity index (χ3v) is 5.31. The number of hydrogen-bond donors (Lipinski definition) is 1. The highest BCUT2D eigenvalue weighted by molar-refractivity contribution is 5.11. The summed E-state index contributed by atoms with van der Waals surface area (Å²) in [7, 11) is 5.24. The number of aryl methyl sites for hydroxylation is 2. The van der Waals surface area contributed by atoms with Crippen LogP contribution in [0.15, 0.2) is 27.9 Å². The van der Waals surface area contributed by atoms with E-state index in [2.05, 4.69) is 10.4 Å². The van der Waals surface area contributed by atoms with Crippen LogP contribution in [-0.4, -0.2) is 25.0 Å². The molecule has 0 saturated heterocycles. The Morgan fingerprint density at radius 2 is 1.96 bits per heavy atom. The molecule has 2 atom stereocenters. The molecule has 0 aromatic carbocycles. The van der Waals surface area contributed by atoms with E-state index in [1.807, 2.05) is 6.07 Å². The van der Waals surface area contributed by atoms with Gasteiger partial charge in [0.15, 0.2) is 0 Å². The SMILES string of the molecule is Cn1ccc(CN[C@H]2CCCC[C@H]2Cc2nn(C)c(=O)n2C)cc1=O. The average Bonchev–Trinajstić information content (AvgIpc) is 2.84. The van der Waals surface area contributed by atoms with E-state index in [0.717, 1.165) is 30.7 Å². The van der Waals surface area contributed by atoms with Gasteiger partial charge in [0.2, 0.25) is 0 Å². The third-order valence-electron chi connectivity index (χ3n) is 5.31. The maximum absolute atomic E-state index is 11.9. The fourth-order valence-electron chi connectivity index (χ4n) is 3.69. The molecule has 0 bridgehead atoms. The second kappa shape index (κ2) is 7.39. The minimum atomic E-state index is -0.0737. The number of rotatable bonds is 5. The van der Waals surface area contributed by atoms with Crippen molar-refractivity contribution >= 4 is 0 Å². The van der Waals surface area contributed by atoms with E-state index < -0.39 is 0 Å². The number of hydrogen-bond acceptors (Lipinski definition) is 4. The Bertz CT molecular complexity index is 848. The Hall–Kier alpha value is -2.15. The monoisotopic (exact) mass is 345 g/mol. The molecule has 7 heteroatoms. The number of pyridine rings is 1. The van der Waals surface area contributed by atoms with Crippen molar-refractivity contribution in [1.29, 1.82) is 0 Å². The van der Waals surface area contributed by atoms with Crippen molar-refractivity contribution in [3.05, 3.63) is 50.6 Å². The molecule has 1 aliphatic carbocycles. The van der Waals surface area contributed by atoms with Gasteiger partial charge in [0.1, 0.15) is 5.82 Å². The normalized spacial score (nSPS) is 20.8. The third kappa shape index (κ3) is 3.92. The van der Waals surface area contributed by atoms with Gasteiger partial charge in [-0.05, 0) is 30.4 Å². The Balaban J connectivity index is 1.68. The summed E-state index contributed by atoms with van der Waals surface area (Å²) in [4.78, 5) is 23.7. The van der Waals surface area contributed by atoms with E-state index in [-0.39, 0.29) is 11.2 Å². The Morgan fingerprint density at radius 3 is 2.64 bits per heavy atom. The van der Waals surface area contributed by atoms with Gasteiger partial charge >= 0.3 is 5.69 Å². The lowest BCUT2D eigenvalue weighted by Gasteiger charge is -2.32. The molecule has 1 N–H and O–H groups in total. The predicted molar refractivity (Wildman–Crippen MR) is 96.4 cm³/mol. The minimum Gasteiger partial charge on any atom is -0.319 e. The molecule has 3 rings (SSSR count). The van der Waals surface area contributed by atoms with E-state index in [9.17, 15) is 9.59 Å². The molecule has 0 radical (unpaired) electrons. The molecule has 7 nitrogen and oxygen atoms in total. The van der Waals surface area contributed by atoms with Crippen molar-refractivity contribution in [2.24, 2.45) is 27.1 Å². The highest BCUT2D eigenvalue weighted by Gasteiger charge is 2.26. The summed E-state index contributed by atoms with van der Waals surface area (Å²) in [6.07, 6.45) is 7.30. The molecule has 0 aliphatic heterocycles. The van der Waals surface area contributed by atoms with Crippen molar-refractivity contribution in [2.75, 3.05) is 0 Å². The van der Waals surface area contributed by atoms with E-state index in [1.54, 1.807) is 42.5 Å². The minimum absolute atomic E-state index is 0.0166. The van der Waals surface area contributed by atoms with Crippen molar-refractivity contribution in [2.45, 2.75) is 44.7 Å². The second-order valence-electron chi connectivity index (χ2n) is 7.10. The fraction of sp³-hybridized carbons (Fsp3) is 0.611. The zero-order valence-corrected chi connectivity index (χ0v) is 15.2. The van der Waals surface area contributed by atoms with Gasteiger partial charge in [-0.15, -0.1) is 0 Å². The van der Waals surface area contributed by atoms with Gasteiger partial charge in [0, 0.05) is 52.4 Å². The van der Waals surface area contributed by atoms with Crippen LogP contribution in [0, 0.1) is 5.92 Å². The van der Waals surface area contributed by atoms with Gasteiger partial charge < -0.3 is 9.88 Å². The molecule has 0 spiro atoms. The highest BCUT2D eigenvalue weighted by Crippen LogP contribution is 2.27. The van der Waals surface area contributed by atoms with Gasteiger partial charge in [-0.1, -0.05) is 12.8 Å². The van der Waals surface area contributed by atoms with Gasteiger partial charge in [0.25, 0.3) is 5.56 Å². The zero-order valence-electron chi connectivity index (χ0n) is 15.2. The molecule has 2 aromatic heterocycles. The zero-order chi connectivity index (χ0) is 18.0. The van der Waals surface area contributed by atoms with Gasteiger partial charge in [-0.25, -0.2) is 9.48 Å².